The molecule has 2 aromatic heterocycles. The molecule has 0 fully saturated rings. The third kappa shape index (κ3) is 10.6. The highest BCUT2D eigenvalue weighted by molar-refractivity contribution is 5.91. The number of hydrogen-bond acceptors (Lipinski definition) is 7. The minimum absolute atomic E-state index is 0.177. The molecular formula is C29H28F3N7O4. The van der Waals surface area contributed by atoms with Crippen LogP contribution in [-0.2, 0) is 30.6 Å². The molecule has 0 aliphatic carbocycles. The SMILES string of the molecule is O=C(Cc1cccc(OC(F)(F)F)c1)Nc1ccc(CCCCc2cnc(=O)[nH]c2NC(=O)NCc2ccccc2)nn1. The summed E-state index contributed by atoms with van der Waals surface area (Å²) < 4.78 is 41.2. The van der Waals surface area contributed by atoms with Crippen LogP contribution in [0.2, 0.25) is 0 Å². The molecule has 4 N–H and O–H groups in total. The van der Waals surface area contributed by atoms with Gasteiger partial charge in [0.25, 0.3) is 0 Å². The first-order chi connectivity index (χ1) is 20.6. The van der Waals surface area contributed by atoms with E-state index in [0.29, 0.717) is 42.6 Å². The molecule has 43 heavy (non-hydrogen) atoms. The zero-order valence-electron chi connectivity index (χ0n) is 22.8. The molecule has 0 aliphatic heterocycles. The second-order valence-electron chi connectivity index (χ2n) is 9.42. The highest BCUT2D eigenvalue weighted by Gasteiger charge is 2.31. The minimum atomic E-state index is -4.82. The van der Waals surface area contributed by atoms with Gasteiger partial charge in [-0.2, -0.15) is 5.10 Å². The van der Waals surface area contributed by atoms with E-state index in [1.54, 1.807) is 12.1 Å². The maximum absolute atomic E-state index is 12.4. The van der Waals surface area contributed by atoms with Crippen LogP contribution in [0.5, 0.6) is 5.75 Å². The van der Waals surface area contributed by atoms with E-state index in [0.717, 1.165) is 24.1 Å². The van der Waals surface area contributed by atoms with Crippen LogP contribution in [0.4, 0.5) is 29.6 Å². The number of halogens is 3. The summed E-state index contributed by atoms with van der Waals surface area (Å²) in [5, 5.41) is 16.1. The van der Waals surface area contributed by atoms with Gasteiger partial charge in [0.05, 0.1) is 12.1 Å². The molecule has 0 unspecified atom stereocenters. The Morgan fingerprint density at radius 1 is 0.884 bits per heavy atom. The normalized spacial score (nSPS) is 11.0. The van der Waals surface area contributed by atoms with E-state index in [9.17, 15) is 27.6 Å². The Hall–Kier alpha value is -5.27. The van der Waals surface area contributed by atoms with E-state index in [1.165, 1.54) is 18.3 Å². The Morgan fingerprint density at radius 3 is 2.40 bits per heavy atom. The Kier molecular flexibility index (Phi) is 10.4. The zero-order chi connectivity index (χ0) is 30.7. The fourth-order valence-electron chi connectivity index (χ4n) is 4.06. The van der Waals surface area contributed by atoms with E-state index >= 15 is 0 Å². The van der Waals surface area contributed by atoms with E-state index in [4.69, 9.17) is 0 Å². The highest BCUT2D eigenvalue weighted by atomic mass is 19.4. The number of carbonyl (C=O) groups excluding carboxylic acids is 2. The second-order valence-corrected chi connectivity index (χ2v) is 9.42. The van der Waals surface area contributed by atoms with Crippen molar-refractivity contribution in [2.24, 2.45) is 0 Å². The van der Waals surface area contributed by atoms with Crippen molar-refractivity contribution in [1.82, 2.24) is 25.5 Å². The van der Waals surface area contributed by atoms with Crippen LogP contribution in [0.15, 0.2) is 77.7 Å². The van der Waals surface area contributed by atoms with E-state index in [-0.39, 0.29) is 18.1 Å². The van der Waals surface area contributed by atoms with Gasteiger partial charge in [-0.05, 0) is 61.1 Å². The standard InChI is InChI=1S/C29H28F3N7O4/c30-29(31,32)43-23-12-6-9-20(15-23)16-25(40)35-24-14-13-22(38-39-24)11-5-4-10-21-18-34-28(42)37-26(21)36-27(41)33-17-19-7-2-1-3-8-19/h1-3,6-9,12-15,18H,4-5,10-11,16-17H2,(H,35,39,40)(H3,33,34,36,37,41,42). The van der Waals surface area contributed by atoms with Crippen molar-refractivity contribution < 1.29 is 27.5 Å². The van der Waals surface area contributed by atoms with Crippen LogP contribution in [0, 0.1) is 0 Å². The minimum Gasteiger partial charge on any atom is -0.406 e. The number of ether oxygens (including phenoxy) is 1. The molecule has 0 aliphatic rings. The van der Waals surface area contributed by atoms with Crippen molar-refractivity contribution in [3.63, 3.8) is 0 Å². The number of aryl methyl sites for hydroxylation is 2. The number of aromatic nitrogens is 4. The Morgan fingerprint density at radius 2 is 1.65 bits per heavy atom. The number of alkyl halides is 3. The molecule has 0 saturated heterocycles. The third-order valence-corrected chi connectivity index (χ3v) is 6.04. The third-order valence-electron chi connectivity index (χ3n) is 6.04. The molecule has 4 rings (SSSR count). The van der Waals surface area contributed by atoms with Crippen LogP contribution in [-0.4, -0.2) is 38.5 Å². The molecule has 3 amide bonds. The lowest BCUT2D eigenvalue weighted by Crippen LogP contribution is -2.30. The fourth-order valence-corrected chi connectivity index (χ4v) is 4.06. The van der Waals surface area contributed by atoms with Gasteiger partial charge in [-0.3, -0.25) is 15.1 Å². The molecular weight excluding hydrogens is 567 g/mol. The van der Waals surface area contributed by atoms with Crippen molar-refractivity contribution in [3.8, 4) is 5.75 Å². The van der Waals surface area contributed by atoms with Crippen molar-refractivity contribution >= 4 is 23.6 Å². The molecule has 14 heteroatoms. The Balaban J connectivity index is 1.21. The Bertz CT molecular complexity index is 1580. The molecule has 4 aromatic rings. The largest absolute Gasteiger partial charge is 0.573 e. The van der Waals surface area contributed by atoms with Gasteiger partial charge in [0.1, 0.15) is 11.6 Å². The van der Waals surface area contributed by atoms with E-state index < -0.39 is 29.7 Å². The lowest BCUT2D eigenvalue weighted by molar-refractivity contribution is -0.274. The van der Waals surface area contributed by atoms with E-state index in [2.05, 4.69) is 40.9 Å². The predicted molar refractivity (Wildman–Crippen MR) is 151 cm³/mol. The van der Waals surface area contributed by atoms with Gasteiger partial charge in [-0.1, -0.05) is 42.5 Å². The van der Waals surface area contributed by atoms with Crippen molar-refractivity contribution in [3.05, 3.63) is 106 Å². The number of rotatable bonds is 12. The van der Waals surface area contributed by atoms with Crippen LogP contribution in [0.1, 0.15) is 35.2 Å². The van der Waals surface area contributed by atoms with Gasteiger partial charge < -0.3 is 15.4 Å². The number of unbranched alkanes of at least 4 members (excludes halogenated alkanes) is 1. The molecule has 0 saturated carbocycles. The maximum Gasteiger partial charge on any atom is 0.573 e. The molecule has 0 radical (unpaired) electrons. The number of H-pyrrole nitrogens is 1. The summed E-state index contributed by atoms with van der Waals surface area (Å²) in [5.41, 5.74) is 2.06. The van der Waals surface area contributed by atoms with Crippen molar-refractivity contribution in [1.29, 1.82) is 0 Å². The molecule has 0 atom stereocenters. The molecule has 2 heterocycles. The number of amides is 3. The van der Waals surface area contributed by atoms with Crippen molar-refractivity contribution in [2.75, 3.05) is 10.6 Å². The number of anilines is 2. The summed E-state index contributed by atoms with van der Waals surface area (Å²) in [4.78, 5) is 42.8. The number of urea groups is 1. The van der Waals surface area contributed by atoms with Gasteiger partial charge in [0.15, 0.2) is 5.82 Å². The summed E-state index contributed by atoms with van der Waals surface area (Å²) in [6.45, 7) is 0.329. The smallest absolute Gasteiger partial charge is 0.406 e. The van der Waals surface area contributed by atoms with Crippen LogP contribution < -0.4 is 26.4 Å². The quantitative estimate of drug-likeness (QED) is 0.176. The molecule has 0 spiro atoms. The van der Waals surface area contributed by atoms with Gasteiger partial charge in [0, 0.05) is 18.3 Å². The first-order valence-corrected chi connectivity index (χ1v) is 13.3. The van der Waals surface area contributed by atoms with Gasteiger partial charge in [0.2, 0.25) is 5.91 Å². The molecule has 224 valence electrons. The lowest BCUT2D eigenvalue weighted by atomic mass is 10.1. The summed E-state index contributed by atoms with van der Waals surface area (Å²) in [6.07, 6.45) is -1.02. The first-order valence-electron chi connectivity index (χ1n) is 13.3. The number of benzene rings is 2. The summed E-state index contributed by atoms with van der Waals surface area (Å²) in [7, 11) is 0. The summed E-state index contributed by atoms with van der Waals surface area (Å²) in [6, 6.07) is 17.4. The number of nitrogens with one attached hydrogen (secondary N) is 4. The maximum atomic E-state index is 12.4. The second kappa shape index (κ2) is 14.6. The lowest BCUT2D eigenvalue weighted by Gasteiger charge is -2.11. The van der Waals surface area contributed by atoms with Crippen LogP contribution >= 0.6 is 0 Å². The van der Waals surface area contributed by atoms with Gasteiger partial charge >= 0.3 is 18.1 Å². The van der Waals surface area contributed by atoms with Crippen LogP contribution in [0.3, 0.4) is 0 Å². The number of carbonyl (C=O) groups is 2. The fraction of sp³-hybridized carbons (Fsp3) is 0.241. The highest BCUT2D eigenvalue weighted by Crippen LogP contribution is 2.23. The number of nitrogens with zero attached hydrogens (tertiary/aromatic N) is 3. The predicted octanol–water partition coefficient (Wildman–Crippen LogP) is 4.53. The average molecular weight is 596 g/mol. The Labute approximate surface area is 243 Å². The monoisotopic (exact) mass is 595 g/mol. The average Bonchev–Trinajstić information content (AvgIpc) is 2.96. The van der Waals surface area contributed by atoms with E-state index in [1.807, 2.05) is 30.3 Å². The zero-order valence-corrected chi connectivity index (χ0v) is 22.8. The topological polar surface area (TPSA) is 151 Å². The first kappa shape index (κ1) is 30.7. The molecule has 0 bridgehead atoms. The number of hydrogen-bond donors (Lipinski definition) is 4. The summed E-state index contributed by atoms with van der Waals surface area (Å²) >= 11 is 0. The van der Waals surface area contributed by atoms with Gasteiger partial charge in [-0.25, -0.2) is 14.6 Å². The summed E-state index contributed by atoms with van der Waals surface area (Å²) in [5.74, 6) is -0.392. The van der Waals surface area contributed by atoms with Crippen LogP contribution in [0.25, 0.3) is 0 Å². The molecule has 2 aromatic carbocycles. The number of aromatic amines is 1. The molecule has 11 nitrogen and oxygen atoms in total. The van der Waals surface area contributed by atoms with Gasteiger partial charge in [-0.15, -0.1) is 18.3 Å². The van der Waals surface area contributed by atoms with Crippen molar-refractivity contribution in [2.45, 2.75) is 45.0 Å².